The van der Waals surface area contributed by atoms with Crippen LogP contribution in [-0.2, 0) is 4.74 Å². The summed E-state index contributed by atoms with van der Waals surface area (Å²) in [4.78, 5) is 12.8. The molecular weight excluding hydrogens is 452 g/mol. The van der Waals surface area contributed by atoms with Gasteiger partial charge in [0.15, 0.2) is 5.11 Å². The molecule has 0 bridgehead atoms. The molecule has 0 fully saturated rings. The molecule has 3 aromatic carbocycles. The molecule has 0 radical (unpaired) electrons. The predicted octanol–water partition coefficient (Wildman–Crippen LogP) is 4.69. The second kappa shape index (κ2) is 13.8. The smallest absolute Gasteiger partial charge is 0.261 e. The summed E-state index contributed by atoms with van der Waals surface area (Å²) in [6.45, 7) is 4.27. The Morgan fingerprint density at radius 2 is 1.38 bits per heavy atom. The summed E-state index contributed by atoms with van der Waals surface area (Å²) >= 11 is 5.30. The van der Waals surface area contributed by atoms with Crippen molar-refractivity contribution in [2.75, 3.05) is 38.4 Å². The molecule has 0 aliphatic carbocycles. The third kappa shape index (κ3) is 8.38. The molecule has 2 N–H and O–H groups in total. The highest BCUT2D eigenvalue weighted by Crippen LogP contribution is 2.19. The van der Waals surface area contributed by atoms with Crippen LogP contribution in [0.15, 0.2) is 78.9 Å². The Morgan fingerprint density at radius 3 is 2.12 bits per heavy atom. The fourth-order valence-corrected chi connectivity index (χ4v) is 3.15. The highest BCUT2D eigenvalue weighted by atomic mass is 32.1. The van der Waals surface area contributed by atoms with Crippen molar-refractivity contribution in [2.45, 2.75) is 6.92 Å². The van der Waals surface area contributed by atoms with Gasteiger partial charge in [-0.05, 0) is 67.7 Å². The Bertz CT molecular complexity index is 1040. The lowest BCUT2D eigenvalue weighted by Gasteiger charge is -2.14. The Morgan fingerprint density at radius 1 is 0.765 bits per heavy atom. The minimum Gasteiger partial charge on any atom is -0.491 e. The molecule has 0 spiro atoms. The van der Waals surface area contributed by atoms with Crippen molar-refractivity contribution < 1.29 is 23.7 Å². The van der Waals surface area contributed by atoms with Crippen LogP contribution in [0.25, 0.3) is 0 Å². The van der Waals surface area contributed by atoms with Crippen molar-refractivity contribution in [3.63, 3.8) is 0 Å². The van der Waals surface area contributed by atoms with Crippen LogP contribution in [0.3, 0.4) is 0 Å². The normalized spacial score (nSPS) is 10.3. The minimum absolute atomic E-state index is 0.178. The highest BCUT2D eigenvalue weighted by molar-refractivity contribution is 7.80. The van der Waals surface area contributed by atoms with Gasteiger partial charge in [0.2, 0.25) is 0 Å². The van der Waals surface area contributed by atoms with Gasteiger partial charge in [-0.25, -0.2) is 0 Å². The van der Waals surface area contributed by atoms with Gasteiger partial charge in [-0.3, -0.25) is 10.1 Å². The second-order valence-corrected chi connectivity index (χ2v) is 7.39. The molecule has 8 heteroatoms. The van der Waals surface area contributed by atoms with E-state index in [1.165, 1.54) is 0 Å². The maximum atomic E-state index is 12.8. The van der Waals surface area contributed by atoms with Gasteiger partial charge >= 0.3 is 0 Å². The predicted molar refractivity (Wildman–Crippen MR) is 136 cm³/mol. The molecule has 0 heterocycles. The topological polar surface area (TPSA) is 78.1 Å². The molecule has 0 saturated carbocycles. The number of rotatable bonds is 12. The standard InChI is InChI=1S/C26H28N2O5S/c1-2-30-16-17-31-22-14-12-20(13-15-22)27-26(34)28-25(29)23-10-6-7-11-24(23)33-19-18-32-21-8-4-3-5-9-21/h3-15H,2,16-19H2,1H3,(H2,27,28,29,34). The van der Waals surface area contributed by atoms with E-state index in [2.05, 4.69) is 10.6 Å². The van der Waals surface area contributed by atoms with Crippen LogP contribution in [0, 0.1) is 0 Å². The van der Waals surface area contributed by atoms with Gasteiger partial charge in [0.05, 0.1) is 12.2 Å². The summed E-state index contributed by atoms with van der Waals surface area (Å²) in [5.74, 6) is 1.57. The van der Waals surface area contributed by atoms with Crippen LogP contribution in [-0.4, -0.2) is 44.1 Å². The molecule has 0 atom stereocenters. The van der Waals surface area contributed by atoms with Crippen LogP contribution >= 0.6 is 12.2 Å². The number of benzene rings is 3. The third-order valence-electron chi connectivity index (χ3n) is 4.52. The Kier molecular flexibility index (Phi) is 10.2. The monoisotopic (exact) mass is 480 g/mol. The van der Waals surface area contributed by atoms with Gasteiger partial charge in [-0.1, -0.05) is 30.3 Å². The van der Waals surface area contributed by atoms with Crippen LogP contribution in [0.5, 0.6) is 17.2 Å². The number of para-hydroxylation sites is 2. The number of amides is 1. The first-order chi connectivity index (χ1) is 16.7. The van der Waals surface area contributed by atoms with Gasteiger partial charge in [-0.2, -0.15) is 0 Å². The van der Waals surface area contributed by atoms with E-state index in [0.29, 0.717) is 44.3 Å². The lowest BCUT2D eigenvalue weighted by atomic mass is 10.2. The van der Waals surface area contributed by atoms with E-state index in [1.54, 1.807) is 24.3 Å². The number of nitrogens with one attached hydrogen (secondary N) is 2. The van der Waals surface area contributed by atoms with E-state index in [1.807, 2.05) is 61.5 Å². The number of hydrogen-bond donors (Lipinski definition) is 2. The Labute approximate surface area is 205 Å². The number of carbonyl (C=O) groups excluding carboxylic acids is 1. The zero-order valence-corrected chi connectivity index (χ0v) is 19.8. The number of hydrogen-bond acceptors (Lipinski definition) is 6. The minimum atomic E-state index is -0.368. The molecular formula is C26H28N2O5S. The molecule has 7 nitrogen and oxygen atoms in total. The lowest BCUT2D eigenvalue weighted by Crippen LogP contribution is -2.34. The average molecular weight is 481 g/mol. The number of ether oxygens (including phenoxy) is 4. The van der Waals surface area contributed by atoms with E-state index in [0.717, 1.165) is 17.2 Å². The maximum absolute atomic E-state index is 12.8. The largest absolute Gasteiger partial charge is 0.491 e. The molecule has 3 rings (SSSR count). The fraction of sp³-hybridized carbons (Fsp3) is 0.231. The quantitative estimate of drug-likeness (QED) is 0.288. The summed E-state index contributed by atoms with van der Waals surface area (Å²) < 4.78 is 22.2. The lowest BCUT2D eigenvalue weighted by molar-refractivity contribution is 0.0972. The third-order valence-corrected chi connectivity index (χ3v) is 4.73. The molecule has 0 saturated heterocycles. The zero-order valence-electron chi connectivity index (χ0n) is 19.0. The number of anilines is 1. The van der Waals surface area contributed by atoms with Crippen molar-refractivity contribution in [1.82, 2.24) is 5.32 Å². The summed E-state index contributed by atoms with van der Waals surface area (Å²) in [5, 5.41) is 5.86. The average Bonchev–Trinajstić information content (AvgIpc) is 2.86. The van der Waals surface area contributed by atoms with Crippen molar-refractivity contribution in [3.8, 4) is 17.2 Å². The molecule has 0 aliphatic heterocycles. The first-order valence-corrected chi connectivity index (χ1v) is 11.4. The molecule has 3 aromatic rings. The zero-order chi connectivity index (χ0) is 24.0. The van der Waals surface area contributed by atoms with Crippen LogP contribution < -0.4 is 24.8 Å². The molecule has 34 heavy (non-hydrogen) atoms. The maximum Gasteiger partial charge on any atom is 0.261 e. The first-order valence-electron chi connectivity index (χ1n) is 11.0. The SMILES string of the molecule is CCOCCOc1ccc(NC(=S)NC(=O)c2ccccc2OCCOc2ccccc2)cc1. The Hall–Kier alpha value is -3.62. The van der Waals surface area contributed by atoms with E-state index in [9.17, 15) is 4.79 Å². The van der Waals surface area contributed by atoms with E-state index >= 15 is 0 Å². The van der Waals surface area contributed by atoms with Gasteiger partial charge < -0.3 is 24.3 Å². The van der Waals surface area contributed by atoms with E-state index in [4.69, 9.17) is 31.2 Å². The molecule has 178 valence electrons. The molecule has 1 amide bonds. The molecule has 0 aliphatic rings. The van der Waals surface area contributed by atoms with Gasteiger partial charge in [0, 0.05) is 12.3 Å². The Balaban J connectivity index is 1.46. The number of thiocarbonyl (C=S) groups is 1. The molecule has 0 unspecified atom stereocenters. The summed E-state index contributed by atoms with van der Waals surface area (Å²) in [5.41, 5.74) is 1.11. The van der Waals surface area contributed by atoms with Gasteiger partial charge in [0.1, 0.15) is 37.1 Å². The first kappa shape index (κ1) is 25.0. The second-order valence-electron chi connectivity index (χ2n) is 6.98. The molecule has 0 aromatic heterocycles. The van der Waals surface area contributed by atoms with Crippen molar-refractivity contribution in [1.29, 1.82) is 0 Å². The van der Waals surface area contributed by atoms with E-state index < -0.39 is 0 Å². The summed E-state index contributed by atoms with van der Waals surface area (Å²) in [7, 11) is 0. The summed E-state index contributed by atoms with van der Waals surface area (Å²) in [6, 6.07) is 23.7. The van der Waals surface area contributed by atoms with Crippen molar-refractivity contribution in [3.05, 3.63) is 84.4 Å². The van der Waals surface area contributed by atoms with Crippen LogP contribution in [0.4, 0.5) is 5.69 Å². The van der Waals surface area contributed by atoms with Crippen molar-refractivity contribution in [2.24, 2.45) is 0 Å². The van der Waals surface area contributed by atoms with Crippen molar-refractivity contribution >= 4 is 28.9 Å². The fourth-order valence-electron chi connectivity index (χ4n) is 2.94. The van der Waals surface area contributed by atoms with E-state index in [-0.39, 0.29) is 11.0 Å². The highest BCUT2D eigenvalue weighted by Gasteiger charge is 2.14. The van der Waals surface area contributed by atoms with Gasteiger partial charge in [-0.15, -0.1) is 0 Å². The van der Waals surface area contributed by atoms with Crippen LogP contribution in [0.1, 0.15) is 17.3 Å². The number of carbonyl (C=O) groups is 1. The summed E-state index contributed by atoms with van der Waals surface area (Å²) in [6.07, 6.45) is 0. The van der Waals surface area contributed by atoms with Crippen LogP contribution in [0.2, 0.25) is 0 Å². The van der Waals surface area contributed by atoms with Gasteiger partial charge in [0.25, 0.3) is 5.91 Å².